The maximum Gasteiger partial charge on any atom is 0.169 e. The highest BCUT2D eigenvalue weighted by molar-refractivity contribution is 5.51. The second-order valence-electron chi connectivity index (χ2n) is 4.49. The molecule has 4 nitrogen and oxygen atoms in total. The minimum Gasteiger partial charge on any atom is -0.493 e. The van der Waals surface area contributed by atoms with Crippen LogP contribution in [0.15, 0.2) is 18.3 Å². The van der Waals surface area contributed by atoms with E-state index in [2.05, 4.69) is 22.5 Å². The molecule has 0 saturated carbocycles. The molecule has 0 radical (unpaired) electrons. The maximum atomic E-state index is 5.29. The van der Waals surface area contributed by atoms with Gasteiger partial charge >= 0.3 is 0 Å². The summed E-state index contributed by atoms with van der Waals surface area (Å²) in [5, 5.41) is 6.86. The molecule has 0 spiro atoms. The van der Waals surface area contributed by atoms with E-state index in [1.807, 2.05) is 12.1 Å². The lowest BCUT2D eigenvalue weighted by Gasteiger charge is -2.35. The van der Waals surface area contributed by atoms with Crippen LogP contribution in [0, 0.1) is 0 Å². The number of aromatic nitrogens is 1. The van der Waals surface area contributed by atoms with Gasteiger partial charge in [-0.1, -0.05) is 0 Å². The Bertz CT molecular complexity index is 348. The van der Waals surface area contributed by atoms with Crippen LogP contribution in [0.2, 0.25) is 0 Å². The zero-order valence-corrected chi connectivity index (χ0v) is 9.92. The monoisotopic (exact) mass is 221 g/mol. The van der Waals surface area contributed by atoms with Crippen LogP contribution in [0.3, 0.4) is 0 Å². The van der Waals surface area contributed by atoms with Crippen LogP contribution in [0.4, 0.5) is 5.82 Å². The Morgan fingerprint density at radius 1 is 1.44 bits per heavy atom. The van der Waals surface area contributed by atoms with E-state index in [0.717, 1.165) is 37.5 Å². The lowest BCUT2D eigenvalue weighted by atomic mass is 9.90. The number of methoxy groups -OCH3 is 1. The third-order valence-corrected chi connectivity index (χ3v) is 3.12. The summed E-state index contributed by atoms with van der Waals surface area (Å²) < 4.78 is 5.29. The Morgan fingerprint density at radius 2 is 2.19 bits per heavy atom. The highest BCUT2D eigenvalue weighted by Crippen LogP contribution is 2.28. The quantitative estimate of drug-likeness (QED) is 0.814. The van der Waals surface area contributed by atoms with Crippen molar-refractivity contribution < 1.29 is 4.74 Å². The normalized spacial score (nSPS) is 19.1. The van der Waals surface area contributed by atoms with E-state index in [9.17, 15) is 0 Å². The minimum absolute atomic E-state index is 0.118. The number of piperidine rings is 1. The van der Waals surface area contributed by atoms with Gasteiger partial charge in [0.05, 0.1) is 7.11 Å². The van der Waals surface area contributed by atoms with Gasteiger partial charge in [-0.25, -0.2) is 4.98 Å². The SMILES string of the molecule is COc1cccnc1NC1(C)CCNCC1. The van der Waals surface area contributed by atoms with Gasteiger partial charge in [0.15, 0.2) is 11.6 Å². The first-order chi connectivity index (χ1) is 7.73. The Balaban J connectivity index is 2.12. The zero-order chi connectivity index (χ0) is 11.4. The van der Waals surface area contributed by atoms with Gasteiger partial charge in [0.2, 0.25) is 0 Å². The van der Waals surface area contributed by atoms with Gasteiger partial charge in [0.25, 0.3) is 0 Å². The van der Waals surface area contributed by atoms with Gasteiger partial charge in [-0.2, -0.15) is 0 Å². The molecular weight excluding hydrogens is 202 g/mol. The van der Waals surface area contributed by atoms with Crippen LogP contribution in [-0.4, -0.2) is 30.7 Å². The van der Waals surface area contributed by atoms with Crippen molar-refractivity contribution in [2.45, 2.75) is 25.3 Å². The predicted octanol–water partition coefficient (Wildman–Crippen LogP) is 1.64. The van der Waals surface area contributed by atoms with Crippen molar-refractivity contribution in [3.05, 3.63) is 18.3 Å². The van der Waals surface area contributed by atoms with Crippen molar-refractivity contribution in [3.63, 3.8) is 0 Å². The van der Waals surface area contributed by atoms with Crippen molar-refractivity contribution in [2.24, 2.45) is 0 Å². The molecule has 1 saturated heterocycles. The van der Waals surface area contributed by atoms with Crippen molar-refractivity contribution >= 4 is 5.82 Å². The smallest absolute Gasteiger partial charge is 0.169 e. The van der Waals surface area contributed by atoms with Gasteiger partial charge in [0, 0.05) is 11.7 Å². The van der Waals surface area contributed by atoms with Crippen LogP contribution in [0.5, 0.6) is 5.75 Å². The summed E-state index contributed by atoms with van der Waals surface area (Å²) in [4.78, 5) is 4.33. The molecule has 2 N–H and O–H groups in total. The molecule has 0 unspecified atom stereocenters. The van der Waals surface area contributed by atoms with Gasteiger partial charge < -0.3 is 15.4 Å². The summed E-state index contributed by atoms with van der Waals surface area (Å²) in [7, 11) is 1.67. The lowest BCUT2D eigenvalue weighted by Crippen LogP contribution is -2.45. The first kappa shape index (κ1) is 11.2. The molecule has 0 atom stereocenters. The highest BCUT2D eigenvalue weighted by Gasteiger charge is 2.27. The summed E-state index contributed by atoms with van der Waals surface area (Å²) >= 11 is 0. The van der Waals surface area contributed by atoms with Crippen molar-refractivity contribution in [3.8, 4) is 5.75 Å². The molecule has 16 heavy (non-hydrogen) atoms. The van der Waals surface area contributed by atoms with Crippen molar-refractivity contribution in [1.82, 2.24) is 10.3 Å². The number of anilines is 1. The number of rotatable bonds is 3. The fourth-order valence-electron chi connectivity index (χ4n) is 2.04. The van der Waals surface area contributed by atoms with Crippen molar-refractivity contribution in [1.29, 1.82) is 0 Å². The van der Waals surface area contributed by atoms with Gasteiger partial charge in [-0.3, -0.25) is 0 Å². The summed E-state index contributed by atoms with van der Waals surface area (Å²) in [6, 6.07) is 3.81. The number of ether oxygens (including phenoxy) is 1. The molecule has 2 rings (SSSR count). The molecule has 1 aliphatic rings. The van der Waals surface area contributed by atoms with Crippen LogP contribution in [-0.2, 0) is 0 Å². The standard InChI is InChI=1S/C12H19N3O/c1-12(5-8-13-9-6-12)15-11-10(16-2)4-3-7-14-11/h3-4,7,13H,5-6,8-9H2,1-2H3,(H,14,15). The van der Waals surface area contributed by atoms with E-state index in [1.54, 1.807) is 13.3 Å². The molecule has 1 aliphatic heterocycles. The van der Waals surface area contributed by atoms with E-state index in [0.29, 0.717) is 0 Å². The third-order valence-electron chi connectivity index (χ3n) is 3.12. The van der Waals surface area contributed by atoms with Crippen molar-refractivity contribution in [2.75, 3.05) is 25.5 Å². The molecule has 1 aromatic rings. The summed E-state index contributed by atoms with van der Waals surface area (Å²) in [6.07, 6.45) is 3.99. The second-order valence-corrected chi connectivity index (χ2v) is 4.49. The minimum atomic E-state index is 0.118. The molecule has 2 heterocycles. The van der Waals surface area contributed by atoms with E-state index < -0.39 is 0 Å². The van der Waals surface area contributed by atoms with Gasteiger partial charge in [-0.05, 0) is 45.0 Å². The molecule has 0 aromatic carbocycles. The first-order valence-electron chi connectivity index (χ1n) is 5.71. The van der Waals surface area contributed by atoms with Crippen LogP contribution >= 0.6 is 0 Å². The summed E-state index contributed by atoms with van der Waals surface area (Å²) in [6.45, 7) is 4.35. The fraction of sp³-hybridized carbons (Fsp3) is 0.583. The zero-order valence-electron chi connectivity index (χ0n) is 9.92. The largest absolute Gasteiger partial charge is 0.493 e. The highest BCUT2D eigenvalue weighted by atomic mass is 16.5. The number of pyridine rings is 1. The Labute approximate surface area is 96.4 Å². The molecule has 1 fully saturated rings. The van der Waals surface area contributed by atoms with Gasteiger partial charge in [-0.15, -0.1) is 0 Å². The van der Waals surface area contributed by atoms with E-state index in [4.69, 9.17) is 4.74 Å². The maximum absolute atomic E-state index is 5.29. The summed E-state index contributed by atoms with van der Waals surface area (Å²) in [5.74, 6) is 1.65. The molecule has 0 aliphatic carbocycles. The first-order valence-corrected chi connectivity index (χ1v) is 5.71. The molecule has 4 heteroatoms. The Hall–Kier alpha value is -1.29. The molecular formula is C12H19N3O. The average Bonchev–Trinajstić information content (AvgIpc) is 2.30. The van der Waals surface area contributed by atoms with Crippen LogP contribution in [0.25, 0.3) is 0 Å². The van der Waals surface area contributed by atoms with Gasteiger partial charge in [0.1, 0.15) is 0 Å². The molecule has 0 bridgehead atoms. The number of hydrogen-bond acceptors (Lipinski definition) is 4. The molecule has 0 amide bonds. The van der Waals surface area contributed by atoms with E-state index in [1.165, 1.54) is 0 Å². The molecule has 88 valence electrons. The number of nitrogens with zero attached hydrogens (tertiary/aromatic N) is 1. The predicted molar refractivity (Wildman–Crippen MR) is 64.9 cm³/mol. The van der Waals surface area contributed by atoms with Crippen LogP contribution < -0.4 is 15.4 Å². The second kappa shape index (κ2) is 4.70. The third kappa shape index (κ3) is 2.44. The number of nitrogens with one attached hydrogen (secondary N) is 2. The van der Waals surface area contributed by atoms with E-state index >= 15 is 0 Å². The topological polar surface area (TPSA) is 46.2 Å². The lowest BCUT2D eigenvalue weighted by molar-refractivity contribution is 0.359. The van der Waals surface area contributed by atoms with E-state index in [-0.39, 0.29) is 5.54 Å². The number of hydrogen-bond donors (Lipinski definition) is 2. The average molecular weight is 221 g/mol. The van der Waals surface area contributed by atoms with Crippen LogP contribution in [0.1, 0.15) is 19.8 Å². The molecule has 1 aromatic heterocycles. The summed E-state index contributed by atoms with van der Waals surface area (Å²) in [5.41, 5.74) is 0.118. The fourth-order valence-corrected chi connectivity index (χ4v) is 2.04. The Morgan fingerprint density at radius 3 is 2.88 bits per heavy atom. The Kier molecular flexibility index (Phi) is 3.29.